The van der Waals surface area contributed by atoms with Crippen molar-refractivity contribution in [1.82, 2.24) is 19.8 Å². The Morgan fingerprint density at radius 2 is 2.12 bits per heavy atom. The summed E-state index contributed by atoms with van der Waals surface area (Å²) in [6.07, 6.45) is 1.72. The molecule has 0 fully saturated rings. The van der Waals surface area contributed by atoms with E-state index in [1.165, 1.54) is 6.07 Å². The van der Waals surface area contributed by atoms with Gasteiger partial charge in [-0.25, -0.2) is 8.91 Å². The van der Waals surface area contributed by atoms with Gasteiger partial charge in [-0.3, -0.25) is 4.79 Å². The Kier molecular flexibility index (Phi) is 5.01. The van der Waals surface area contributed by atoms with Crippen LogP contribution in [-0.4, -0.2) is 34.5 Å². The number of nitrogens with zero attached hydrogens (tertiary/aromatic N) is 3. The van der Waals surface area contributed by atoms with E-state index in [1.807, 2.05) is 25.1 Å². The molecule has 130 valence electrons. The normalized spacial score (nSPS) is 11.2. The summed E-state index contributed by atoms with van der Waals surface area (Å²) in [6, 6.07) is 10.1. The summed E-state index contributed by atoms with van der Waals surface area (Å²) in [7, 11) is 3.77. The lowest BCUT2D eigenvalue weighted by atomic mass is 10.1. The highest BCUT2D eigenvalue weighted by molar-refractivity contribution is 6.33. The molecule has 0 radical (unpaired) electrons. The molecule has 0 aliphatic heterocycles. The van der Waals surface area contributed by atoms with E-state index in [0.29, 0.717) is 28.2 Å². The maximum absolute atomic E-state index is 14.1. The second-order valence-corrected chi connectivity index (χ2v) is 6.47. The lowest BCUT2D eigenvalue weighted by Crippen LogP contribution is -2.23. The molecule has 25 heavy (non-hydrogen) atoms. The van der Waals surface area contributed by atoms with Crippen molar-refractivity contribution < 1.29 is 9.18 Å². The van der Waals surface area contributed by atoms with E-state index in [1.54, 1.807) is 35.0 Å². The van der Waals surface area contributed by atoms with Crippen LogP contribution in [0.15, 0.2) is 42.6 Å². The molecule has 2 aromatic heterocycles. The molecule has 2 heterocycles. The third kappa shape index (κ3) is 3.97. The molecule has 1 amide bonds. The summed E-state index contributed by atoms with van der Waals surface area (Å²) in [5.41, 5.74) is 2.23. The van der Waals surface area contributed by atoms with E-state index < -0.39 is 0 Å². The van der Waals surface area contributed by atoms with Crippen molar-refractivity contribution in [2.75, 3.05) is 14.1 Å². The molecule has 5 nitrogen and oxygen atoms in total. The number of carbonyl (C=O) groups is 1. The van der Waals surface area contributed by atoms with Crippen molar-refractivity contribution in [1.29, 1.82) is 0 Å². The van der Waals surface area contributed by atoms with Gasteiger partial charge in [0, 0.05) is 24.8 Å². The predicted molar refractivity (Wildman–Crippen MR) is 95.2 cm³/mol. The number of rotatable bonds is 5. The molecule has 0 aliphatic rings. The van der Waals surface area contributed by atoms with Gasteiger partial charge in [-0.05, 0) is 43.9 Å². The minimum absolute atomic E-state index is 0.222. The van der Waals surface area contributed by atoms with Crippen molar-refractivity contribution in [3.05, 3.63) is 70.3 Å². The number of hydrogen-bond donors (Lipinski definition) is 1. The molecule has 0 aliphatic carbocycles. The molecule has 3 aromatic rings. The Labute approximate surface area is 150 Å². The van der Waals surface area contributed by atoms with Crippen molar-refractivity contribution >= 4 is 23.0 Å². The Balaban J connectivity index is 1.69. The Hall–Kier alpha value is -2.44. The smallest absolute Gasteiger partial charge is 0.272 e. The highest BCUT2D eigenvalue weighted by atomic mass is 35.5. The molecular formula is C18H18ClFN4O. The van der Waals surface area contributed by atoms with Crippen LogP contribution in [0.4, 0.5) is 4.39 Å². The minimum atomic E-state index is -0.336. The summed E-state index contributed by atoms with van der Waals surface area (Å²) in [5.74, 6) is -0.613. The summed E-state index contributed by atoms with van der Waals surface area (Å²) in [5, 5.41) is 7.46. The number of pyridine rings is 1. The fourth-order valence-electron chi connectivity index (χ4n) is 2.53. The van der Waals surface area contributed by atoms with Crippen molar-refractivity contribution in [2.24, 2.45) is 0 Å². The highest BCUT2D eigenvalue weighted by Gasteiger charge is 2.12. The first-order valence-electron chi connectivity index (χ1n) is 7.78. The largest absolute Gasteiger partial charge is 0.347 e. The van der Waals surface area contributed by atoms with Crippen LogP contribution in [0, 0.1) is 5.82 Å². The summed E-state index contributed by atoms with van der Waals surface area (Å²) < 4.78 is 15.6. The molecule has 7 heteroatoms. The molecule has 0 atom stereocenters. The molecule has 0 saturated carbocycles. The predicted octanol–water partition coefficient (Wildman–Crippen LogP) is 3.12. The van der Waals surface area contributed by atoms with Gasteiger partial charge in [0.2, 0.25) is 0 Å². The van der Waals surface area contributed by atoms with E-state index in [2.05, 4.69) is 10.4 Å². The number of halogens is 2. The van der Waals surface area contributed by atoms with Gasteiger partial charge in [-0.15, -0.1) is 0 Å². The zero-order valence-electron chi connectivity index (χ0n) is 14.0. The van der Waals surface area contributed by atoms with E-state index in [9.17, 15) is 9.18 Å². The van der Waals surface area contributed by atoms with Crippen molar-refractivity contribution in [3.8, 4) is 0 Å². The molecule has 1 N–H and O–H groups in total. The standard InChI is InChI=1S/C18H18ClFN4O/c1-23(2)11-13-6-5-12(8-15(13)20)10-21-18(25)16-9-17-14(19)4-3-7-24(17)22-16/h3-9H,10-11H2,1-2H3,(H,21,25). The molecular weight excluding hydrogens is 343 g/mol. The topological polar surface area (TPSA) is 49.6 Å². The first-order valence-corrected chi connectivity index (χ1v) is 8.16. The number of fused-ring (bicyclic) bond motifs is 1. The van der Waals surface area contributed by atoms with Crippen molar-refractivity contribution in [2.45, 2.75) is 13.1 Å². The highest BCUT2D eigenvalue weighted by Crippen LogP contribution is 2.17. The van der Waals surface area contributed by atoms with Gasteiger partial charge >= 0.3 is 0 Å². The van der Waals surface area contributed by atoms with Crippen molar-refractivity contribution in [3.63, 3.8) is 0 Å². The Bertz CT molecular complexity index is 923. The Morgan fingerprint density at radius 1 is 1.32 bits per heavy atom. The maximum Gasteiger partial charge on any atom is 0.272 e. The van der Waals surface area contributed by atoms with E-state index >= 15 is 0 Å². The molecule has 0 saturated heterocycles. The van der Waals surface area contributed by atoms with E-state index in [0.717, 1.165) is 0 Å². The number of hydrogen-bond acceptors (Lipinski definition) is 3. The average molecular weight is 361 g/mol. The van der Waals surface area contributed by atoms with Crippen LogP contribution < -0.4 is 5.32 Å². The van der Waals surface area contributed by atoms with Crippen LogP contribution in [-0.2, 0) is 13.1 Å². The fourth-order valence-corrected chi connectivity index (χ4v) is 2.75. The van der Waals surface area contributed by atoms with E-state index in [4.69, 9.17) is 11.6 Å². The second kappa shape index (κ2) is 7.21. The first-order chi connectivity index (χ1) is 11.9. The number of carbonyl (C=O) groups excluding carboxylic acids is 1. The van der Waals surface area contributed by atoms with Gasteiger partial charge < -0.3 is 10.2 Å². The van der Waals surface area contributed by atoms with Gasteiger partial charge in [0.05, 0.1) is 10.5 Å². The lowest BCUT2D eigenvalue weighted by molar-refractivity contribution is 0.0945. The Morgan fingerprint density at radius 3 is 2.80 bits per heavy atom. The van der Waals surface area contributed by atoms with Crippen LogP contribution in [0.25, 0.3) is 5.52 Å². The zero-order valence-corrected chi connectivity index (χ0v) is 14.7. The molecule has 1 aromatic carbocycles. The van der Waals surface area contributed by atoms with Gasteiger partial charge in [-0.1, -0.05) is 23.7 Å². The SMILES string of the molecule is CN(C)Cc1ccc(CNC(=O)c2cc3c(Cl)cccn3n2)cc1F. The monoisotopic (exact) mass is 360 g/mol. The summed E-state index contributed by atoms with van der Waals surface area (Å²) in [6.45, 7) is 0.750. The van der Waals surface area contributed by atoms with Crippen LogP contribution in [0.1, 0.15) is 21.6 Å². The third-order valence-electron chi connectivity index (χ3n) is 3.74. The lowest BCUT2D eigenvalue weighted by Gasteiger charge is -2.11. The van der Waals surface area contributed by atoms with Gasteiger partial charge in [-0.2, -0.15) is 5.10 Å². The van der Waals surface area contributed by atoms with Crippen LogP contribution >= 0.6 is 11.6 Å². The molecule has 0 unspecified atom stereocenters. The number of amides is 1. The quantitative estimate of drug-likeness (QED) is 0.760. The van der Waals surface area contributed by atoms with Crippen LogP contribution in [0.3, 0.4) is 0 Å². The number of aromatic nitrogens is 2. The summed E-state index contributed by atoms with van der Waals surface area (Å²) >= 11 is 6.08. The molecule has 0 spiro atoms. The maximum atomic E-state index is 14.1. The first kappa shape index (κ1) is 17.4. The van der Waals surface area contributed by atoms with Gasteiger partial charge in [0.1, 0.15) is 5.82 Å². The minimum Gasteiger partial charge on any atom is -0.347 e. The van der Waals surface area contributed by atoms with Gasteiger partial charge in [0.25, 0.3) is 5.91 Å². The fraction of sp³-hybridized carbons (Fsp3) is 0.222. The average Bonchev–Trinajstić information content (AvgIpc) is 3.00. The van der Waals surface area contributed by atoms with Gasteiger partial charge in [0.15, 0.2) is 5.69 Å². The van der Waals surface area contributed by atoms with E-state index in [-0.39, 0.29) is 24.0 Å². The zero-order chi connectivity index (χ0) is 18.0. The van der Waals surface area contributed by atoms with Crippen LogP contribution in [0.5, 0.6) is 0 Å². The van der Waals surface area contributed by atoms with Crippen LogP contribution in [0.2, 0.25) is 5.02 Å². The molecule has 0 bridgehead atoms. The summed E-state index contributed by atoms with van der Waals surface area (Å²) in [4.78, 5) is 14.2. The molecule has 3 rings (SSSR count). The second-order valence-electron chi connectivity index (χ2n) is 6.06. The number of nitrogens with one attached hydrogen (secondary N) is 1. The third-order valence-corrected chi connectivity index (χ3v) is 4.06. The number of benzene rings is 1.